The molecule has 1 atom stereocenters. The molecule has 15 heavy (non-hydrogen) atoms. The Bertz CT molecular complexity index is 222. The third-order valence-electron chi connectivity index (χ3n) is 2.27. The normalized spacial score (nSPS) is 21.5. The van der Waals surface area contributed by atoms with E-state index in [4.69, 9.17) is 11.6 Å². The Balaban J connectivity index is 2.43. The van der Waals surface area contributed by atoms with Crippen LogP contribution in [0.25, 0.3) is 0 Å². The third-order valence-corrected chi connectivity index (χ3v) is 2.74. The summed E-state index contributed by atoms with van der Waals surface area (Å²) in [6.07, 6.45) is 4.18. The Hall–Kier alpha value is -0.440. The summed E-state index contributed by atoms with van der Waals surface area (Å²) in [4.78, 5) is 2.09. The van der Waals surface area contributed by atoms with E-state index < -0.39 is 0 Å². The Kier molecular flexibility index (Phi) is 4.26. The van der Waals surface area contributed by atoms with Gasteiger partial charge in [-0.25, -0.2) is 0 Å². The number of nitrogens with zero attached hydrogens (tertiary/aromatic N) is 3. The molecule has 0 aromatic carbocycles. The van der Waals surface area contributed by atoms with Crippen molar-refractivity contribution in [3.05, 3.63) is 0 Å². The van der Waals surface area contributed by atoms with Crippen LogP contribution < -0.4 is 0 Å². The maximum atomic E-state index is 6.31. The van der Waals surface area contributed by atoms with Crippen LogP contribution in [-0.2, 0) is 0 Å². The topological polar surface area (TPSA) is 18.8 Å². The molecule has 0 bridgehead atoms. The van der Waals surface area contributed by atoms with Crippen LogP contribution in [0.4, 0.5) is 0 Å². The predicted octanol–water partition coefficient (Wildman–Crippen LogP) is 2.92. The van der Waals surface area contributed by atoms with Crippen LogP contribution in [0.2, 0.25) is 0 Å². The molecule has 88 valence electrons. The third kappa shape index (κ3) is 3.90. The first-order chi connectivity index (χ1) is 6.94. The molecular weight excluding hydrogens is 210 g/mol. The number of unbranched alkanes of at least 4 members (excludes halogenated alkanes) is 1. The SMILES string of the molecule is CCCCN1N=CN(CC(C)(C)C)C1Cl. The van der Waals surface area contributed by atoms with E-state index in [1.165, 1.54) is 6.42 Å². The first-order valence-electron chi connectivity index (χ1n) is 5.64. The second-order valence-corrected chi connectivity index (χ2v) is 5.68. The van der Waals surface area contributed by atoms with Crippen molar-refractivity contribution in [2.75, 3.05) is 13.1 Å². The van der Waals surface area contributed by atoms with E-state index in [1.807, 2.05) is 11.3 Å². The van der Waals surface area contributed by atoms with E-state index >= 15 is 0 Å². The fourth-order valence-corrected chi connectivity index (χ4v) is 1.83. The molecular formula is C11H22ClN3. The molecule has 3 nitrogen and oxygen atoms in total. The van der Waals surface area contributed by atoms with Gasteiger partial charge in [0.2, 0.25) is 0 Å². The molecule has 1 heterocycles. The van der Waals surface area contributed by atoms with Crippen LogP contribution in [0, 0.1) is 5.41 Å². The van der Waals surface area contributed by atoms with Crippen molar-refractivity contribution in [3.8, 4) is 0 Å². The lowest BCUT2D eigenvalue weighted by Gasteiger charge is -2.30. The van der Waals surface area contributed by atoms with Gasteiger partial charge in [-0.3, -0.25) is 5.01 Å². The minimum Gasteiger partial charge on any atom is -0.326 e. The fourth-order valence-electron chi connectivity index (χ4n) is 1.56. The van der Waals surface area contributed by atoms with Crippen LogP contribution in [0.5, 0.6) is 0 Å². The first kappa shape index (κ1) is 12.6. The van der Waals surface area contributed by atoms with Gasteiger partial charge >= 0.3 is 0 Å². The van der Waals surface area contributed by atoms with Gasteiger partial charge in [-0.05, 0) is 11.8 Å². The Morgan fingerprint density at radius 3 is 2.60 bits per heavy atom. The Morgan fingerprint density at radius 2 is 2.07 bits per heavy atom. The van der Waals surface area contributed by atoms with Crippen molar-refractivity contribution in [2.24, 2.45) is 10.5 Å². The molecule has 1 rings (SSSR count). The van der Waals surface area contributed by atoms with E-state index in [9.17, 15) is 0 Å². The van der Waals surface area contributed by atoms with Crippen LogP contribution in [0.3, 0.4) is 0 Å². The fraction of sp³-hybridized carbons (Fsp3) is 0.909. The summed E-state index contributed by atoms with van der Waals surface area (Å²) in [7, 11) is 0. The molecule has 1 unspecified atom stereocenters. The van der Waals surface area contributed by atoms with Crippen molar-refractivity contribution in [1.82, 2.24) is 9.91 Å². The van der Waals surface area contributed by atoms with Crippen molar-refractivity contribution >= 4 is 17.9 Å². The molecule has 1 aliphatic heterocycles. The van der Waals surface area contributed by atoms with Gasteiger partial charge in [-0.1, -0.05) is 45.7 Å². The average molecular weight is 232 g/mol. The van der Waals surface area contributed by atoms with Gasteiger partial charge in [0.05, 0.1) is 0 Å². The zero-order valence-corrected chi connectivity index (χ0v) is 11.0. The maximum Gasteiger partial charge on any atom is 0.195 e. The van der Waals surface area contributed by atoms with Crippen LogP contribution in [0.1, 0.15) is 40.5 Å². The lowest BCUT2D eigenvalue weighted by atomic mass is 9.96. The largest absolute Gasteiger partial charge is 0.326 e. The predicted molar refractivity (Wildman–Crippen MR) is 65.9 cm³/mol. The van der Waals surface area contributed by atoms with E-state index in [0.717, 1.165) is 19.5 Å². The van der Waals surface area contributed by atoms with Gasteiger partial charge in [0.15, 0.2) is 5.62 Å². The average Bonchev–Trinajstić information content (AvgIpc) is 2.43. The highest BCUT2D eigenvalue weighted by Gasteiger charge is 2.28. The van der Waals surface area contributed by atoms with Gasteiger partial charge in [0, 0.05) is 13.1 Å². The summed E-state index contributed by atoms with van der Waals surface area (Å²) in [6, 6.07) is 0. The Labute approximate surface area is 98.1 Å². The molecule has 0 radical (unpaired) electrons. The molecule has 0 saturated carbocycles. The van der Waals surface area contributed by atoms with E-state index in [1.54, 1.807) is 0 Å². The van der Waals surface area contributed by atoms with Gasteiger partial charge in [-0.15, -0.1) is 0 Å². The molecule has 0 fully saturated rings. The number of rotatable bonds is 4. The highest BCUT2D eigenvalue weighted by atomic mass is 35.5. The molecule has 4 heteroatoms. The van der Waals surface area contributed by atoms with Crippen molar-refractivity contribution in [1.29, 1.82) is 0 Å². The van der Waals surface area contributed by atoms with E-state index in [2.05, 4.69) is 37.7 Å². The lowest BCUT2D eigenvalue weighted by molar-refractivity contribution is 0.165. The summed E-state index contributed by atoms with van der Waals surface area (Å²) in [5.74, 6) is 0. The highest BCUT2D eigenvalue weighted by Crippen LogP contribution is 2.22. The Morgan fingerprint density at radius 1 is 1.40 bits per heavy atom. The summed E-state index contributed by atoms with van der Waals surface area (Å²) >= 11 is 6.31. The number of halogens is 1. The summed E-state index contributed by atoms with van der Waals surface area (Å²) in [5, 5.41) is 6.28. The molecule has 0 spiro atoms. The second-order valence-electron chi connectivity index (χ2n) is 5.29. The minimum atomic E-state index is -0.101. The standard InChI is InChI=1S/C11H22ClN3/c1-5-6-7-15-10(12)14(9-13-15)8-11(2,3)4/h9-10H,5-8H2,1-4H3. The maximum absolute atomic E-state index is 6.31. The van der Waals surface area contributed by atoms with Gasteiger partial charge < -0.3 is 4.90 Å². The van der Waals surface area contributed by atoms with Gasteiger partial charge in [-0.2, -0.15) is 5.10 Å². The van der Waals surface area contributed by atoms with Crippen LogP contribution in [0.15, 0.2) is 5.10 Å². The van der Waals surface area contributed by atoms with Gasteiger partial charge in [0.1, 0.15) is 6.34 Å². The van der Waals surface area contributed by atoms with E-state index in [0.29, 0.717) is 0 Å². The van der Waals surface area contributed by atoms with Crippen molar-refractivity contribution < 1.29 is 0 Å². The molecule has 1 aliphatic rings. The number of hydrazone groups is 1. The number of hydrogen-bond donors (Lipinski definition) is 0. The van der Waals surface area contributed by atoms with Gasteiger partial charge in [0.25, 0.3) is 0 Å². The quantitative estimate of drug-likeness (QED) is 0.547. The number of hydrogen-bond acceptors (Lipinski definition) is 3. The minimum absolute atomic E-state index is 0.101. The zero-order valence-electron chi connectivity index (χ0n) is 10.2. The van der Waals surface area contributed by atoms with E-state index in [-0.39, 0.29) is 11.0 Å². The molecule has 0 aliphatic carbocycles. The molecule has 0 amide bonds. The molecule has 0 saturated heterocycles. The highest BCUT2D eigenvalue weighted by molar-refractivity contribution is 6.20. The molecule has 0 N–H and O–H groups in total. The summed E-state index contributed by atoms with van der Waals surface area (Å²) in [6.45, 7) is 10.7. The first-order valence-corrected chi connectivity index (χ1v) is 6.08. The number of alkyl halides is 1. The summed E-state index contributed by atoms with van der Waals surface area (Å²) < 4.78 is 0. The zero-order chi connectivity index (χ0) is 11.5. The van der Waals surface area contributed by atoms with Crippen molar-refractivity contribution in [3.63, 3.8) is 0 Å². The van der Waals surface area contributed by atoms with Crippen molar-refractivity contribution in [2.45, 2.75) is 46.2 Å². The summed E-state index contributed by atoms with van der Waals surface area (Å²) in [5.41, 5.74) is 0.149. The second kappa shape index (κ2) is 5.06. The van der Waals surface area contributed by atoms with Crippen LogP contribution >= 0.6 is 11.6 Å². The molecule has 0 aromatic rings. The smallest absolute Gasteiger partial charge is 0.195 e. The lowest BCUT2D eigenvalue weighted by Crippen LogP contribution is -2.39. The monoisotopic (exact) mass is 231 g/mol. The van der Waals surface area contributed by atoms with Crippen LogP contribution in [-0.4, -0.2) is 35.0 Å². The molecule has 0 aromatic heterocycles.